The highest BCUT2D eigenvalue weighted by molar-refractivity contribution is 5.99. The molecule has 3 aromatic heterocycles. The van der Waals surface area contributed by atoms with Crippen molar-refractivity contribution in [3.63, 3.8) is 0 Å². The van der Waals surface area contributed by atoms with Crippen LogP contribution < -0.4 is 19.6 Å². The van der Waals surface area contributed by atoms with Crippen molar-refractivity contribution < 1.29 is 32.5 Å². The van der Waals surface area contributed by atoms with Crippen LogP contribution in [0.2, 0.25) is 0 Å². The number of Topliss-reactive ketones (excluding diaryl/α,β-unsaturated/α-hetero) is 1. The molecule has 0 bridgehead atoms. The summed E-state index contributed by atoms with van der Waals surface area (Å²) in [5.74, 6) is -0.918. The Bertz CT molecular complexity index is 1910. The number of halogens is 2. The third-order valence-electron chi connectivity index (χ3n) is 6.86. The average molecular weight is 602 g/mol. The Morgan fingerprint density at radius 3 is 2.43 bits per heavy atom. The molecule has 5 rings (SSSR count). The number of hydrogen-bond donors (Lipinski definition) is 1. The van der Waals surface area contributed by atoms with Gasteiger partial charge in [0.2, 0.25) is 5.43 Å². The maximum Gasteiger partial charge on any atom is 0.257 e. The number of carbonyl (C=O) groups excluding carboxylic acids is 1. The second kappa shape index (κ2) is 13.0. The molecule has 0 saturated carbocycles. The normalized spacial score (nSPS) is 11.0. The quantitative estimate of drug-likeness (QED) is 0.175. The summed E-state index contributed by atoms with van der Waals surface area (Å²) in [6, 6.07) is 12.7. The summed E-state index contributed by atoms with van der Waals surface area (Å²) < 4.78 is 50.8. The average Bonchev–Trinajstić information content (AvgIpc) is 2.99. The topological polar surface area (TPSA) is 113 Å². The maximum atomic E-state index is 15.3. The number of aromatic amines is 1. The number of aryl methyl sites for hydroxylation is 1. The summed E-state index contributed by atoms with van der Waals surface area (Å²) in [4.78, 5) is 39.0. The van der Waals surface area contributed by atoms with E-state index in [2.05, 4.69) is 15.0 Å². The zero-order valence-electron chi connectivity index (χ0n) is 24.5. The van der Waals surface area contributed by atoms with Gasteiger partial charge in [0.05, 0.1) is 37.1 Å². The van der Waals surface area contributed by atoms with Crippen LogP contribution in [0.4, 0.5) is 8.78 Å². The van der Waals surface area contributed by atoms with E-state index in [1.54, 1.807) is 25.1 Å². The van der Waals surface area contributed by atoms with Gasteiger partial charge in [0.15, 0.2) is 28.8 Å². The molecule has 0 atom stereocenters. The van der Waals surface area contributed by atoms with E-state index in [0.717, 1.165) is 0 Å². The summed E-state index contributed by atoms with van der Waals surface area (Å²) in [6.45, 7) is 3.84. The van der Waals surface area contributed by atoms with Crippen molar-refractivity contribution in [2.45, 2.75) is 26.9 Å². The van der Waals surface area contributed by atoms with Gasteiger partial charge in [-0.05, 0) is 49.2 Å². The zero-order chi connectivity index (χ0) is 31.4. The lowest BCUT2D eigenvalue weighted by Gasteiger charge is -2.14. The molecule has 3 heterocycles. The van der Waals surface area contributed by atoms with Gasteiger partial charge in [0, 0.05) is 43.1 Å². The van der Waals surface area contributed by atoms with Crippen LogP contribution >= 0.6 is 0 Å². The summed E-state index contributed by atoms with van der Waals surface area (Å²) in [5.41, 5.74) is 2.00. The minimum atomic E-state index is -0.722. The highest BCUT2D eigenvalue weighted by atomic mass is 19.1. The monoisotopic (exact) mass is 601 g/mol. The molecule has 0 aliphatic heterocycles. The second-order valence-corrected chi connectivity index (χ2v) is 9.82. The highest BCUT2D eigenvalue weighted by Crippen LogP contribution is 2.35. The Labute approximate surface area is 251 Å². The SMILES string of the molecule is CCOc1nc2c(Oc3ccc(CC(=O)c4c(COC)[nH]c(C)c(-c5ccc(F)cc5)c4=O)cc3F)ccnc2cc1OC. The van der Waals surface area contributed by atoms with Gasteiger partial charge in [-0.15, -0.1) is 0 Å². The number of fused-ring (bicyclic) bond motifs is 1. The van der Waals surface area contributed by atoms with E-state index in [9.17, 15) is 14.0 Å². The first-order valence-electron chi connectivity index (χ1n) is 13.7. The van der Waals surface area contributed by atoms with Crippen LogP contribution in [0.15, 0.2) is 65.6 Å². The highest BCUT2D eigenvalue weighted by Gasteiger charge is 2.23. The number of ketones is 1. The first-order chi connectivity index (χ1) is 21.2. The van der Waals surface area contributed by atoms with E-state index in [-0.39, 0.29) is 41.5 Å². The molecular weight excluding hydrogens is 572 g/mol. The number of pyridine rings is 3. The van der Waals surface area contributed by atoms with Gasteiger partial charge in [-0.3, -0.25) is 14.6 Å². The molecule has 9 nitrogen and oxygen atoms in total. The molecule has 0 amide bonds. The van der Waals surface area contributed by atoms with Crippen LogP contribution in [0.25, 0.3) is 22.2 Å². The number of rotatable bonds is 11. The molecule has 0 aliphatic carbocycles. The third kappa shape index (κ3) is 6.13. The smallest absolute Gasteiger partial charge is 0.257 e. The van der Waals surface area contributed by atoms with Crippen molar-refractivity contribution in [1.29, 1.82) is 0 Å². The molecule has 0 aliphatic rings. The molecule has 226 valence electrons. The Hall–Kier alpha value is -5.16. The largest absolute Gasteiger partial charge is 0.491 e. The third-order valence-corrected chi connectivity index (χ3v) is 6.86. The van der Waals surface area contributed by atoms with Gasteiger partial charge >= 0.3 is 0 Å². The minimum Gasteiger partial charge on any atom is -0.491 e. The minimum absolute atomic E-state index is 0.0210. The van der Waals surface area contributed by atoms with Crippen molar-refractivity contribution in [2.24, 2.45) is 0 Å². The van der Waals surface area contributed by atoms with Crippen molar-refractivity contribution in [1.82, 2.24) is 15.0 Å². The second-order valence-electron chi connectivity index (χ2n) is 9.82. The lowest BCUT2D eigenvalue weighted by atomic mass is 9.95. The molecule has 0 unspecified atom stereocenters. The van der Waals surface area contributed by atoms with Crippen LogP contribution in [-0.2, 0) is 17.8 Å². The first kappa shape index (κ1) is 30.3. The van der Waals surface area contributed by atoms with Crippen LogP contribution in [0, 0.1) is 18.6 Å². The Kier molecular flexibility index (Phi) is 8.96. The van der Waals surface area contributed by atoms with Gasteiger partial charge in [0.1, 0.15) is 11.3 Å². The number of benzene rings is 2. The fraction of sp³-hybridized carbons (Fsp3) is 0.212. The van der Waals surface area contributed by atoms with E-state index in [0.29, 0.717) is 45.9 Å². The van der Waals surface area contributed by atoms with E-state index in [1.165, 1.54) is 56.8 Å². The number of nitrogens with zero attached hydrogens (tertiary/aromatic N) is 2. The zero-order valence-corrected chi connectivity index (χ0v) is 24.5. The van der Waals surface area contributed by atoms with Crippen LogP contribution in [0.1, 0.15) is 34.2 Å². The number of carbonyl (C=O) groups is 1. The lowest BCUT2D eigenvalue weighted by molar-refractivity contribution is 0.0985. The number of aromatic nitrogens is 3. The van der Waals surface area contributed by atoms with Crippen molar-refractivity contribution >= 4 is 16.8 Å². The molecular formula is C33H29F2N3O6. The first-order valence-corrected chi connectivity index (χ1v) is 13.7. The van der Waals surface area contributed by atoms with Gasteiger partial charge in [-0.25, -0.2) is 13.8 Å². The number of nitrogens with one attached hydrogen (secondary N) is 1. The van der Waals surface area contributed by atoms with E-state index in [4.69, 9.17) is 18.9 Å². The molecule has 1 N–H and O–H groups in total. The number of H-pyrrole nitrogens is 1. The van der Waals surface area contributed by atoms with Gasteiger partial charge < -0.3 is 23.9 Å². The fourth-order valence-corrected chi connectivity index (χ4v) is 4.91. The predicted molar refractivity (Wildman–Crippen MR) is 160 cm³/mol. The van der Waals surface area contributed by atoms with Crippen molar-refractivity contribution in [3.05, 3.63) is 105 Å². The molecule has 2 aromatic carbocycles. The summed E-state index contributed by atoms with van der Waals surface area (Å²) in [6.07, 6.45) is 1.24. The Morgan fingerprint density at radius 2 is 1.75 bits per heavy atom. The number of methoxy groups -OCH3 is 2. The fourth-order valence-electron chi connectivity index (χ4n) is 4.91. The van der Waals surface area contributed by atoms with Gasteiger partial charge in [-0.1, -0.05) is 18.2 Å². The molecule has 5 aromatic rings. The summed E-state index contributed by atoms with van der Waals surface area (Å²) in [7, 11) is 2.94. The van der Waals surface area contributed by atoms with Crippen LogP contribution in [0.5, 0.6) is 23.1 Å². The van der Waals surface area contributed by atoms with Crippen molar-refractivity contribution in [2.75, 3.05) is 20.8 Å². The predicted octanol–water partition coefficient (Wildman–Crippen LogP) is 6.34. The Morgan fingerprint density at radius 1 is 0.977 bits per heavy atom. The molecule has 44 heavy (non-hydrogen) atoms. The van der Waals surface area contributed by atoms with E-state index < -0.39 is 22.8 Å². The number of hydrogen-bond acceptors (Lipinski definition) is 8. The molecule has 11 heteroatoms. The molecule has 0 radical (unpaired) electrons. The van der Waals surface area contributed by atoms with Crippen molar-refractivity contribution in [3.8, 4) is 34.3 Å². The van der Waals surface area contributed by atoms with E-state index >= 15 is 4.39 Å². The molecule has 0 fully saturated rings. The van der Waals surface area contributed by atoms with Crippen LogP contribution in [0.3, 0.4) is 0 Å². The van der Waals surface area contributed by atoms with Gasteiger partial charge in [-0.2, -0.15) is 0 Å². The molecule has 0 saturated heterocycles. The van der Waals surface area contributed by atoms with E-state index in [1.807, 2.05) is 6.92 Å². The summed E-state index contributed by atoms with van der Waals surface area (Å²) in [5, 5.41) is 0. The maximum absolute atomic E-state index is 15.3. The van der Waals surface area contributed by atoms with Crippen LogP contribution in [-0.4, -0.2) is 41.6 Å². The van der Waals surface area contributed by atoms with Gasteiger partial charge in [0.25, 0.3) is 5.88 Å². The molecule has 0 spiro atoms. The number of ether oxygens (including phenoxy) is 4. The Balaban J connectivity index is 1.45. The standard InChI is InChI=1S/C33H29F2N3O6/c1-5-43-33-28(42-4)16-23-31(38-33)27(12-13-36-23)44-26-11-6-19(14-22(26)35)15-25(39)30-24(17-41-3)37-18(2)29(32(30)40)20-7-9-21(34)10-8-20/h6-14,16H,5,15,17H2,1-4H3,(H,37,40). The summed E-state index contributed by atoms with van der Waals surface area (Å²) >= 11 is 0. The lowest BCUT2D eigenvalue weighted by Crippen LogP contribution is -2.24.